The molecule has 20 heavy (non-hydrogen) atoms. The second-order valence-corrected chi connectivity index (χ2v) is 7.21. The Balaban J connectivity index is 2.08. The molecule has 0 radical (unpaired) electrons. The third-order valence-corrected chi connectivity index (χ3v) is 4.83. The quantitative estimate of drug-likeness (QED) is 0.213. The Labute approximate surface area is 121 Å². The van der Waals surface area contributed by atoms with E-state index in [-0.39, 0.29) is 6.61 Å². The predicted molar refractivity (Wildman–Crippen MR) is 75.3 cm³/mol. The zero-order chi connectivity index (χ0) is 15.0. The zero-order valence-corrected chi connectivity index (χ0v) is 13.1. The molecular formula is C12H25NO6Si. The van der Waals surface area contributed by atoms with Crippen LogP contribution in [-0.4, -0.2) is 85.2 Å². The largest absolute Gasteiger partial charge is 0.480 e. The molecule has 1 fully saturated rings. The Bertz CT molecular complexity index is 291. The highest BCUT2D eigenvalue weighted by Gasteiger charge is 2.31. The lowest BCUT2D eigenvalue weighted by molar-refractivity contribution is -0.142. The minimum atomic E-state index is -1.14. The van der Waals surface area contributed by atoms with E-state index < -0.39 is 33.5 Å². The lowest BCUT2D eigenvalue weighted by Crippen LogP contribution is -2.41. The van der Waals surface area contributed by atoms with Crippen LogP contribution in [-0.2, 0) is 9.53 Å². The van der Waals surface area contributed by atoms with E-state index in [0.717, 1.165) is 18.9 Å². The van der Waals surface area contributed by atoms with E-state index in [1.807, 2.05) is 0 Å². The van der Waals surface area contributed by atoms with Gasteiger partial charge in [-0.2, -0.15) is 0 Å². The Morgan fingerprint density at radius 3 is 2.80 bits per heavy atom. The van der Waals surface area contributed by atoms with Crippen molar-refractivity contribution in [3.63, 3.8) is 0 Å². The van der Waals surface area contributed by atoms with E-state index in [0.29, 0.717) is 26.1 Å². The molecule has 1 aliphatic heterocycles. The molecule has 0 amide bonds. The average molecular weight is 307 g/mol. The van der Waals surface area contributed by atoms with Gasteiger partial charge in [-0.15, -0.1) is 0 Å². The molecule has 1 rings (SSSR count). The molecular weight excluding hydrogens is 282 g/mol. The van der Waals surface area contributed by atoms with Crippen molar-refractivity contribution in [2.45, 2.75) is 43.4 Å². The standard InChI is InChI=1S/C12H25NO6Si/c14-9(8-19-5-2-6-20-12(17)18)7-13-4-1-3-10(13)11(15)16/h9-10,12,14,17-18H,1-8,20H2,(H,15,16)/t9?,10-/m0/s1. The molecule has 8 heteroatoms. The van der Waals surface area contributed by atoms with E-state index in [1.165, 1.54) is 0 Å². The summed E-state index contributed by atoms with van der Waals surface area (Å²) in [6.45, 7) is 1.69. The van der Waals surface area contributed by atoms with Gasteiger partial charge in [-0.05, 0) is 25.8 Å². The number of β-amino-alcohol motifs (C(OH)–C–C–N with tert-alkyl or cyclic N) is 1. The molecule has 118 valence electrons. The Kier molecular flexibility index (Phi) is 8.27. The van der Waals surface area contributed by atoms with E-state index >= 15 is 0 Å². The minimum Gasteiger partial charge on any atom is -0.480 e. The van der Waals surface area contributed by atoms with E-state index in [4.69, 9.17) is 20.1 Å². The third-order valence-electron chi connectivity index (χ3n) is 3.41. The summed E-state index contributed by atoms with van der Waals surface area (Å²) in [6, 6.07) is 0.308. The first-order valence-electron chi connectivity index (χ1n) is 7.09. The predicted octanol–water partition coefficient (Wildman–Crippen LogP) is -1.84. The highest BCUT2D eigenvalue weighted by atomic mass is 28.2. The van der Waals surface area contributed by atoms with Gasteiger partial charge in [0.15, 0.2) is 0 Å². The maximum absolute atomic E-state index is 11.0. The summed E-state index contributed by atoms with van der Waals surface area (Å²) in [5.41, 5.74) is 0. The van der Waals surface area contributed by atoms with Gasteiger partial charge >= 0.3 is 5.97 Å². The van der Waals surface area contributed by atoms with Gasteiger partial charge in [0.2, 0.25) is 0 Å². The van der Waals surface area contributed by atoms with Crippen molar-refractivity contribution in [1.82, 2.24) is 4.90 Å². The summed E-state index contributed by atoms with van der Waals surface area (Å²) in [6.07, 6.45) is 1.56. The lowest BCUT2D eigenvalue weighted by atomic mass is 10.2. The number of rotatable bonds is 10. The monoisotopic (exact) mass is 307 g/mol. The molecule has 0 spiro atoms. The number of carboxylic acids is 1. The molecule has 0 bridgehead atoms. The zero-order valence-electron chi connectivity index (χ0n) is 11.6. The maximum Gasteiger partial charge on any atom is 0.320 e. The van der Waals surface area contributed by atoms with Gasteiger partial charge in [0.05, 0.1) is 22.2 Å². The smallest absolute Gasteiger partial charge is 0.320 e. The topological polar surface area (TPSA) is 110 Å². The van der Waals surface area contributed by atoms with Crippen molar-refractivity contribution in [1.29, 1.82) is 0 Å². The summed E-state index contributed by atoms with van der Waals surface area (Å²) in [5.74, 6) is -1.97. The highest BCUT2D eigenvalue weighted by Crippen LogP contribution is 2.17. The first kappa shape index (κ1) is 17.5. The van der Waals surface area contributed by atoms with Gasteiger partial charge in [-0.25, -0.2) is 0 Å². The van der Waals surface area contributed by atoms with Gasteiger partial charge in [0.25, 0.3) is 0 Å². The van der Waals surface area contributed by atoms with Crippen molar-refractivity contribution in [3.05, 3.63) is 0 Å². The fourth-order valence-electron chi connectivity index (χ4n) is 2.40. The van der Waals surface area contributed by atoms with Crippen LogP contribution in [0.15, 0.2) is 0 Å². The van der Waals surface area contributed by atoms with Crippen LogP contribution in [0.4, 0.5) is 0 Å². The Morgan fingerprint density at radius 1 is 1.40 bits per heavy atom. The van der Waals surface area contributed by atoms with Crippen molar-refractivity contribution in [2.24, 2.45) is 0 Å². The molecule has 0 aromatic heterocycles. The molecule has 1 aliphatic rings. The van der Waals surface area contributed by atoms with Gasteiger partial charge in [0.1, 0.15) is 12.0 Å². The molecule has 1 heterocycles. The second kappa shape index (κ2) is 9.43. The van der Waals surface area contributed by atoms with Crippen molar-refractivity contribution in [3.8, 4) is 0 Å². The number of likely N-dealkylation sites (tertiary alicyclic amines) is 1. The lowest BCUT2D eigenvalue weighted by Gasteiger charge is -2.23. The van der Waals surface area contributed by atoms with Crippen LogP contribution in [0.3, 0.4) is 0 Å². The minimum absolute atomic E-state index is 0.187. The van der Waals surface area contributed by atoms with Crippen LogP contribution in [0.2, 0.25) is 6.04 Å². The summed E-state index contributed by atoms with van der Waals surface area (Å²) < 4.78 is 5.32. The van der Waals surface area contributed by atoms with E-state index in [9.17, 15) is 9.90 Å². The molecule has 2 atom stereocenters. The van der Waals surface area contributed by atoms with Gasteiger partial charge < -0.3 is 25.2 Å². The maximum atomic E-state index is 11.0. The summed E-state index contributed by atoms with van der Waals surface area (Å²) >= 11 is 0. The summed E-state index contributed by atoms with van der Waals surface area (Å²) in [7, 11) is -0.840. The molecule has 7 nitrogen and oxygen atoms in total. The number of aliphatic hydroxyl groups is 3. The van der Waals surface area contributed by atoms with Gasteiger partial charge in [0, 0.05) is 13.2 Å². The molecule has 1 unspecified atom stereocenters. The summed E-state index contributed by atoms with van der Waals surface area (Å²) in [4.78, 5) is 12.8. The molecule has 4 N–H and O–H groups in total. The van der Waals surface area contributed by atoms with Crippen LogP contribution >= 0.6 is 0 Å². The summed E-state index contributed by atoms with van der Waals surface area (Å²) in [5, 5.41) is 36.3. The number of hydrogen-bond donors (Lipinski definition) is 4. The Hall–Kier alpha value is -0.513. The first-order chi connectivity index (χ1) is 9.50. The number of carbonyl (C=O) groups is 1. The van der Waals surface area contributed by atoms with Crippen LogP contribution in [0.5, 0.6) is 0 Å². The van der Waals surface area contributed by atoms with Crippen LogP contribution in [0.25, 0.3) is 0 Å². The molecule has 0 aliphatic carbocycles. The van der Waals surface area contributed by atoms with Crippen LogP contribution < -0.4 is 0 Å². The van der Waals surface area contributed by atoms with Gasteiger partial charge in [-0.1, -0.05) is 6.04 Å². The molecule has 0 aromatic rings. The number of hydrogen-bond acceptors (Lipinski definition) is 6. The van der Waals surface area contributed by atoms with Crippen molar-refractivity contribution >= 4 is 15.5 Å². The van der Waals surface area contributed by atoms with Crippen molar-refractivity contribution < 1.29 is 30.0 Å². The normalized spacial score (nSPS) is 22.1. The molecule has 0 aromatic carbocycles. The molecule has 0 saturated carbocycles. The average Bonchev–Trinajstić information content (AvgIpc) is 2.81. The third kappa shape index (κ3) is 6.78. The number of carboxylic acid groups (broad SMARTS) is 1. The number of ether oxygens (including phenoxy) is 1. The van der Waals surface area contributed by atoms with E-state index in [2.05, 4.69) is 0 Å². The second-order valence-electron chi connectivity index (χ2n) is 5.20. The van der Waals surface area contributed by atoms with Gasteiger partial charge in [-0.3, -0.25) is 9.69 Å². The number of aliphatic carboxylic acids is 1. The fraction of sp³-hybridized carbons (Fsp3) is 0.917. The van der Waals surface area contributed by atoms with Crippen LogP contribution in [0.1, 0.15) is 19.3 Å². The fourth-order valence-corrected chi connectivity index (χ4v) is 3.26. The van der Waals surface area contributed by atoms with E-state index in [1.54, 1.807) is 4.90 Å². The number of aliphatic hydroxyl groups excluding tert-OH is 2. The number of nitrogens with zero attached hydrogens (tertiary/aromatic N) is 1. The van der Waals surface area contributed by atoms with Crippen LogP contribution in [0, 0.1) is 0 Å². The first-order valence-corrected chi connectivity index (χ1v) is 8.91. The SMILES string of the molecule is O=C(O)[C@@H]1CCCN1CC(O)COCCC[SiH2]C(O)O. The molecule has 1 saturated heterocycles. The Morgan fingerprint density at radius 2 is 2.15 bits per heavy atom. The highest BCUT2D eigenvalue weighted by molar-refractivity contribution is 6.36. The van der Waals surface area contributed by atoms with Crippen molar-refractivity contribution in [2.75, 3.05) is 26.3 Å².